The van der Waals surface area contributed by atoms with E-state index in [0.29, 0.717) is 6.42 Å². The SMILES string of the molecule is CC(C)(C)[Si](C)(C)Oc1ccc2[nH]cc(CCNC(=O)C(F)(F)F)c2c1. The molecule has 0 radical (unpaired) electrons. The van der Waals surface area contributed by atoms with Gasteiger partial charge in [0, 0.05) is 23.6 Å². The lowest BCUT2D eigenvalue weighted by Gasteiger charge is -2.36. The fourth-order valence-corrected chi connectivity index (χ4v) is 3.31. The Balaban J connectivity index is 2.14. The van der Waals surface area contributed by atoms with Crippen molar-refractivity contribution in [3.8, 4) is 5.75 Å². The predicted octanol–water partition coefficient (Wildman–Crippen LogP) is 4.77. The van der Waals surface area contributed by atoms with Crippen molar-refractivity contribution < 1.29 is 22.4 Å². The van der Waals surface area contributed by atoms with E-state index < -0.39 is 20.4 Å². The number of hydrogen-bond acceptors (Lipinski definition) is 2. The summed E-state index contributed by atoms with van der Waals surface area (Å²) in [6, 6.07) is 5.71. The average molecular weight is 386 g/mol. The summed E-state index contributed by atoms with van der Waals surface area (Å²) in [5.74, 6) is -1.16. The van der Waals surface area contributed by atoms with E-state index in [-0.39, 0.29) is 11.6 Å². The van der Waals surface area contributed by atoms with Gasteiger partial charge in [0.1, 0.15) is 5.75 Å². The quantitative estimate of drug-likeness (QED) is 0.727. The Bertz CT molecular complexity index is 792. The number of carbonyl (C=O) groups is 1. The zero-order valence-electron chi connectivity index (χ0n) is 15.7. The van der Waals surface area contributed by atoms with Gasteiger partial charge in [-0.3, -0.25) is 4.79 Å². The Kier molecular flexibility index (Phi) is 5.46. The van der Waals surface area contributed by atoms with Gasteiger partial charge in [-0.15, -0.1) is 0 Å². The second kappa shape index (κ2) is 6.98. The third-order valence-corrected chi connectivity index (χ3v) is 9.21. The van der Waals surface area contributed by atoms with Crippen LogP contribution in [0.1, 0.15) is 26.3 Å². The highest BCUT2D eigenvalue weighted by Gasteiger charge is 2.39. The van der Waals surface area contributed by atoms with Crippen molar-refractivity contribution in [2.75, 3.05) is 6.54 Å². The lowest BCUT2D eigenvalue weighted by Crippen LogP contribution is -2.43. The molecule has 4 nitrogen and oxygen atoms in total. The number of nitrogens with one attached hydrogen (secondary N) is 2. The van der Waals surface area contributed by atoms with Crippen LogP contribution in [-0.2, 0) is 11.2 Å². The number of aromatic amines is 1. The van der Waals surface area contributed by atoms with Crippen molar-refractivity contribution >= 4 is 25.1 Å². The Hall–Kier alpha value is -1.96. The molecule has 0 aliphatic heterocycles. The second-order valence-electron chi connectivity index (χ2n) is 7.89. The topological polar surface area (TPSA) is 54.1 Å². The summed E-state index contributed by atoms with van der Waals surface area (Å²) in [7, 11) is -1.98. The fraction of sp³-hybridized carbons (Fsp3) is 0.500. The smallest absolute Gasteiger partial charge is 0.471 e. The Morgan fingerprint density at radius 3 is 2.46 bits per heavy atom. The molecule has 0 bridgehead atoms. The molecule has 0 saturated carbocycles. The molecule has 1 aromatic carbocycles. The van der Waals surface area contributed by atoms with Gasteiger partial charge in [0.2, 0.25) is 8.32 Å². The number of alkyl halides is 3. The molecule has 8 heteroatoms. The molecule has 0 spiro atoms. The molecular weight excluding hydrogens is 361 g/mol. The van der Waals surface area contributed by atoms with Gasteiger partial charge in [0.05, 0.1) is 0 Å². The van der Waals surface area contributed by atoms with Crippen LogP contribution in [0.25, 0.3) is 10.9 Å². The number of benzene rings is 1. The first-order chi connectivity index (χ1) is 11.8. The number of carbonyl (C=O) groups excluding carboxylic acids is 1. The van der Waals surface area contributed by atoms with Crippen LogP contribution in [0.4, 0.5) is 13.2 Å². The largest absolute Gasteiger partial charge is 0.543 e. The van der Waals surface area contributed by atoms with Crippen molar-refractivity contribution in [3.63, 3.8) is 0 Å². The van der Waals surface area contributed by atoms with Crippen molar-refractivity contribution in [3.05, 3.63) is 30.0 Å². The normalized spacial score (nSPS) is 13.1. The van der Waals surface area contributed by atoms with E-state index in [1.165, 1.54) is 0 Å². The molecule has 2 aromatic rings. The molecule has 0 unspecified atom stereocenters. The first kappa shape index (κ1) is 20.4. The molecule has 144 valence electrons. The minimum atomic E-state index is -4.86. The van der Waals surface area contributed by atoms with Crippen molar-refractivity contribution in [1.82, 2.24) is 10.3 Å². The molecule has 0 aliphatic rings. The molecule has 1 amide bonds. The van der Waals surface area contributed by atoms with Gasteiger partial charge >= 0.3 is 12.1 Å². The van der Waals surface area contributed by atoms with E-state index in [1.807, 2.05) is 23.5 Å². The third kappa shape index (κ3) is 4.60. The van der Waals surface area contributed by atoms with Crippen LogP contribution < -0.4 is 9.74 Å². The summed E-state index contributed by atoms with van der Waals surface area (Å²) < 4.78 is 43.0. The van der Waals surface area contributed by atoms with E-state index in [4.69, 9.17) is 4.43 Å². The maximum Gasteiger partial charge on any atom is 0.471 e. The first-order valence-corrected chi connectivity index (χ1v) is 11.4. The minimum absolute atomic E-state index is 0.0603. The number of hydrogen-bond donors (Lipinski definition) is 2. The van der Waals surface area contributed by atoms with Crippen LogP contribution in [-0.4, -0.2) is 31.9 Å². The maximum absolute atomic E-state index is 12.2. The highest BCUT2D eigenvalue weighted by molar-refractivity contribution is 6.74. The highest BCUT2D eigenvalue weighted by atomic mass is 28.4. The number of halogens is 3. The van der Waals surface area contributed by atoms with Crippen LogP contribution in [0.2, 0.25) is 18.1 Å². The zero-order chi connectivity index (χ0) is 19.8. The van der Waals surface area contributed by atoms with Crippen molar-refractivity contribution in [2.24, 2.45) is 0 Å². The Labute approximate surface area is 152 Å². The van der Waals surface area contributed by atoms with E-state index in [9.17, 15) is 18.0 Å². The van der Waals surface area contributed by atoms with Crippen LogP contribution in [0.15, 0.2) is 24.4 Å². The van der Waals surface area contributed by atoms with Crippen molar-refractivity contribution in [1.29, 1.82) is 0 Å². The first-order valence-electron chi connectivity index (χ1n) is 8.45. The van der Waals surface area contributed by atoms with Gasteiger partial charge in [0.25, 0.3) is 0 Å². The highest BCUT2D eigenvalue weighted by Crippen LogP contribution is 2.38. The van der Waals surface area contributed by atoms with Gasteiger partial charge in [-0.05, 0) is 48.3 Å². The number of amides is 1. The molecule has 2 N–H and O–H groups in total. The average Bonchev–Trinajstić information content (AvgIpc) is 2.87. The molecule has 26 heavy (non-hydrogen) atoms. The summed E-state index contributed by atoms with van der Waals surface area (Å²) in [6.45, 7) is 10.7. The van der Waals surface area contributed by atoms with Gasteiger partial charge in [-0.25, -0.2) is 0 Å². The van der Waals surface area contributed by atoms with Gasteiger partial charge in [0.15, 0.2) is 0 Å². The van der Waals surface area contributed by atoms with Gasteiger partial charge < -0.3 is 14.7 Å². The third-order valence-electron chi connectivity index (χ3n) is 4.86. The Morgan fingerprint density at radius 1 is 1.23 bits per heavy atom. The lowest BCUT2D eigenvalue weighted by molar-refractivity contribution is -0.173. The van der Waals surface area contributed by atoms with Crippen molar-refractivity contribution in [2.45, 2.75) is 51.5 Å². The van der Waals surface area contributed by atoms with E-state index in [2.05, 4.69) is 38.8 Å². The van der Waals surface area contributed by atoms with Crippen LogP contribution in [0, 0.1) is 0 Å². The van der Waals surface area contributed by atoms with Gasteiger partial charge in [-0.1, -0.05) is 20.8 Å². The molecule has 0 fully saturated rings. The number of aromatic nitrogens is 1. The molecule has 1 heterocycles. The van der Waals surface area contributed by atoms with E-state index in [0.717, 1.165) is 22.2 Å². The molecule has 0 saturated heterocycles. The standard InChI is InChI=1S/C18H25F3N2O2Si/c1-17(2,3)26(4,5)25-13-6-7-15-14(10-13)12(11-23-15)8-9-22-16(24)18(19,20)21/h6-7,10-11,23H,8-9H2,1-5H3,(H,22,24). The van der Waals surface area contributed by atoms with E-state index >= 15 is 0 Å². The minimum Gasteiger partial charge on any atom is -0.543 e. The number of rotatable bonds is 5. The van der Waals surface area contributed by atoms with Crippen LogP contribution in [0.3, 0.4) is 0 Å². The lowest BCUT2D eigenvalue weighted by atomic mass is 10.1. The molecule has 2 rings (SSSR count). The van der Waals surface area contributed by atoms with Gasteiger partial charge in [-0.2, -0.15) is 13.2 Å². The number of H-pyrrole nitrogens is 1. The van der Waals surface area contributed by atoms with Crippen LogP contribution in [0.5, 0.6) is 5.75 Å². The molecular formula is C18H25F3N2O2Si. The number of fused-ring (bicyclic) bond motifs is 1. The summed E-state index contributed by atoms with van der Waals surface area (Å²) in [4.78, 5) is 14.0. The van der Waals surface area contributed by atoms with E-state index in [1.54, 1.807) is 6.20 Å². The summed E-state index contributed by atoms with van der Waals surface area (Å²) in [5.41, 5.74) is 1.72. The zero-order valence-corrected chi connectivity index (χ0v) is 16.7. The predicted molar refractivity (Wildman–Crippen MR) is 98.9 cm³/mol. The summed E-state index contributed by atoms with van der Waals surface area (Å²) >= 11 is 0. The monoisotopic (exact) mass is 386 g/mol. The fourth-order valence-electron chi connectivity index (χ4n) is 2.29. The molecule has 0 aliphatic carbocycles. The Morgan fingerprint density at radius 2 is 1.88 bits per heavy atom. The van der Waals surface area contributed by atoms with Crippen LogP contribution >= 0.6 is 0 Å². The summed E-state index contributed by atoms with van der Waals surface area (Å²) in [6.07, 6.45) is -2.81. The molecule has 1 aromatic heterocycles. The maximum atomic E-state index is 12.2. The second-order valence-corrected chi connectivity index (χ2v) is 12.6. The summed E-state index contributed by atoms with van der Waals surface area (Å²) in [5, 5.41) is 2.85. The molecule has 0 atom stereocenters.